The third kappa shape index (κ3) is 3.41. The molecule has 1 fully saturated rings. The molecule has 1 aliphatic heterocycles. The van der Waals surface area contributed by atoms with Gasteiger partial charge in [0.15, 0.2) is 6.61 Å². The second kappa shape index (κ2) is 6.55. The largest absolute Gasteiger partial charge is 0.484 e. The molecule has 0 unspecified atom stereocenters. The van der Waals surface area contributed by atoms with Crippen LogP contribution >= 0.6 is 0 Å². The normalized spacial score (nSPS) is 18.2. The van der Waals surface area contributed by atoms with E-state index in [4.69, 9.17) is 4.74 Å². The van der Waals surface area contributed by atoms with E-state index in [1.807, 2.05) is 29.2 Å². The first-order valence-corrected chi connectivity index (χ1v) is 7.46. The van der Waals surface area contributed by atoms with Crippen LogP contribution in [0.15, 0.2) is 30.6 Å². The van der Waals surface area contributed by atoms with Crippen LogP contribution in [0.5, 0.6) is 5.75 Å². The van der Waals surface area contributed by atoms with Crippen LogP contribution in [0.2, 0.25) is 0 Å². The highest BCUT2D eigenvalue weighted by molar-refractivity contribution is 5.77. The Morgan fingerprint density at radius 3 is 3.14 bits per heavy atom. The third-order valence-corrected chi connectivity index (χ3v) is 3.80. The van der Waals surface area contributed by atoms with Gasteiger partial charge >= 0.3 is 0 Å². The van der Waals surface area contributed by atoms with Gasteiger partial charge in [-0.15, -0.1) is 5.10 Å². The van der Waals surface area contributed by atoms with Crippen LogP contribution in [-0.2, 0) is 4.79 Å². The summed E-state index contributed by atoms with van der Waals surface area (Å²) in [5.74, 6) is 1.24. The molecule has 7 nitrogen and oxygen atoms in total. The summed E-state index contributed by atoms with van der Waals surface area (Å²) in [6, 6.07) is 7.35. The SMILES string of the molecule is C[C@H]1CCCN(C(=O)COc2cccc(-n3cnnn3)c2)C1. The van der Waals surface area contributed by atoms with E-state index in [-0.39, 0.29) is 12.5 Å². The van der Waals surface area contributed by atoms with Crippen molar-refractivity contribution in [1.82, 2.24) is 25.1 Å². The zero-order chi connectivity index (χ0) is 15.4. The molecule has 0 N–H and O–H groups in total. The van der Waals surface area contributed by atoms with Crippen molar-refractivity contribution in [2.24, 2.45) is 5.92 Å². The van der Waals surface area contributed by atoms with E-state index in [9.17, 15) is 4.79 Å². The van der Waals surface area contributed by atoms with Crippen LogP contribution in [0.3, 0.4) is 0 Å². The first-order valence-electron chi connectivity index (χ1n) is 7.46. The van der Waals surface area contributed by atoms with Gasteiger partial charge < -0.3 is 9.64 Å². The minimum absolute atomic E-state index is 0.0411. The first kappa shape index (κ1) is 14.5. The smallest absolute Gasteiger partial charge is 0.260 e. The standard InChI is InChI=1S/C15H19N5O2/c1-12-4-3-7-19(9-12)15(21)10-22-14-6-2-5-13(8-14)20-11-16-17-18-20/h2,5-6,8,11-12H,3-4,7,9-10H2,1H3/t12-/m0/s1. The van der Waals surface area contributed by atoms with Gasteiger partial charge in [0.05, 0.1) is 5.69 Å². The van der Waals surface area contributed by atoms with Crippen molar-refractivity contribution in [2.45, 2.75) is 19.8 Å². The molecule has 3 rings (SSSR count). The number of piperidine rings is 1. The summed E-state index contributed by atoms with van der Waals surface area (Å²) in [6.07, 6.45) is 3.78. The number of carbonyl (C=O) groups is 1. The van der Waals surface area contributed by atoms with Crippen molar-refractivity contribution in [3.05, 3.63) is 30.6 Å². The predicted octanol–water partition coefficient (Wildman–Crippen LogP) is 1.30. The molecule has 2 aromatic rings. The molecule has 0 bridgehead atoms. The number of likely N-dealkylation sites (tertiary alicyclic amines) is 1. The maximum absolute atomic E-state index is 12.2. The van der Waals surface area contributed by atoms with Gasteiger partial charge in [0.25, 0.3) is 5.91 Å². The Morgan fingerprint density at radius 1 is 1.45 bits per heavy atom. The Morgan fingerprint density at radius 2 is 2.36 bits per heavy atom. The van der Waals surface area contributed by atoms with Crippen LogP contribution in [0, 0.1) is 5.92 Å². The molecule has 0 saturated carbocycles. The van der Waals surface area contributed by atoms with Crippen LogP contribution < -0.4 is 4.74 Å². The number of nitrogens with zero attached hydrogens (tertiary/aromatic N) is 5. The summed E-state index contributed by atoms with van der Waals surface area (Å²) in [6.45, 7) is 3.89. The average Bonchev–Trinajstić information content (AvgIpc) is 3.07. The van der Waals surface area contributed by atoms with E-state index in [0.29, 0.717) is 11.7 Å². The number of ether oxygens (including phenoxy) is 1. The number of carbonyl (C=O) groups excluding carboxylic acids is 1. The molecular formula is C15H19N5O2. The van der Waals surface area contributed by atoms with Crippen molar-refractivity contribution in [2.75, 3.05) is 19.7 Å². The van der Waals surface area contributed by atoms with Crippen LogP contribution in [0.25, 0.3) is 5.69 Å². The Kier molecular flexibility index (Phi) is 4.32. The Hall–Kier alpha value is -2.44. The molecule has 1 atom stereocenters. The number of rotatable bonds is 4. The molecule has 1 aromatic carbocycles. The van der Waals surface area contributed by atoms with Crippen molar-refractivity contribution >= 4 is 5.91 Å². The summed E-state index contributed by atoms with van der Waals surface area (Å²) in [5.41, 5.74) is 0.793. The highest BCUT2D eigenvalue weighted by Crippen LogP contribution is 2.18. The molecule has 0 spiro atoms. The zero-order valence-corrected chi connectivity index (χ0v) is 12.6. The van der Waals surface area contributed by atoms with Gasteiger partial charge in [-0.3, -0.25) is 4.79 Å². The molecule has 1 saturated heterocycles. The second-order valence-electron chi connectivity index (χ2n) is 5.63. The molecule has 7 heteroatoms. The van der Waals surface area contributed by atoms with E-state index in [0.717, 1.165) is 25.2 Å². The molecular weight excluding hydrogens is 282 g/mol. The fraction of sp³-hybridized carbons (Fsp3) is 0.467. The highest BCUT2D eigenvalue weighted by atomic mass is 16.5. The van der Waals surface area contributed by atoms with E-state index < -0.39 is 0 Å². The van der Waals surface area contributed by atoms with E-state index >= 15 is 0 Å². The summed E-state index contributed by atoms with van der Waals surface area (Å²) in [7, 11) is 0. The molecule has 1 aliphatic rings. The summed E-state index contributed by atoms with van der Waals surface area (Å²) in [5, 5.41) is 11.0. The van der Waals surface area contributed by atoms with Gasteiger partial charge in [0, 0.05) is 19.2 Å². The lowest BCUT2D eigenvalue weighted by Crippen LogP contribution is -2.41. The quantitative estimate of drug-likeness (QED) is 0.851. The third-order valence-electron chi connectivity index (χ3n) is 3.80. The van der Waals surface area contributed by atoms with E-state index in [1.165, 1.54) is 12.7 Å². The Bertz CT molecular complexity index is 629. The summed E-state index contributed by atoms with van der Waals surface area (Å²) < 4.78 is 7.16. The predicted molar refractivity (Wildman–Crippen MR) is 79.6 cm³/mol. The van der Waals surface area contributed by atoms with Crippen molar-refractivity contribution in [3.8, 4) is 11.4 Å². The Labute approximate surface area is 128 Å². The average molecular weight is 301 g/mol. The first-order chi connectivity index (χ1) is 10.7. The minimum Gasteiger partial charge on any atom is -0.484 e. The topological polar surface area (TPSA) is 73.1 Å². The minimum atomic E-state index is 0.0411. The zero-order valence-electron chi connectivity index (χ0n) is 12.6. The van der Waals surface area contributed by atoms with Crippen LogP contribution in [-0.4, -0.2) is 50.7 Å². The van der Waals surface area contributed by atoms with Crippen molar-refractivity contribution in [3.63, 3.8) is 0 Å². The molecule has 2 heterocycles. The summed E-state index contributed by atoms with van der Waals surface area (Å²) >= 11 is 0. The fourth-order valence-corrected chi connectivity index (χ4v) is 2.65. The number of hydrogen-bond acceptors (Lipinski definition) is 5. The Balaban J connectivity index is 1.59. The molecule has 1 amide bonds. The number of benzene rings is 1. The molecule has 1 aromatic heterocycles. The maximum atomic E-state index is 12.2. The number of aromatic nitrogens is 4. The maximum Gasteiger partial charge on any atom is 0.260 e. The monoisotopic (exact) mass is 301 g/mol. The number of tetrazole rings is 1. The summed E-state index contributed by atoms with van der Waals surface area (Å²) in [4.78, 5) is 14.1. The molecule has 22 heavy (non-hydrogen) atoms. The second-order valence-corrected chi connectivity index (χ2v) is 5.63. The molecule has 0 aliphatic carbocycles. The van der Waals surface area contributed by atoms with Gasteiger partial charge in [-0.2, -0.15) is 0 Å². The molecule has 116 valence electrons. The van der Waals surface area contributed by atoms with Gasteiger partial charge in [0.2, 0.25) is 0 Å². The number of hydrogen-bond donors (Lipinski definition) is 0. The van der Waals surface area contributed by atoms with Gasteiger partial charge in [0.1, 0.15) is 12.1 Å². The van der Waals surface area contributed by atoms with Crippen LogP contribution in [0.4, 0.5) is 0 Å². The lowest BCUT2D eigenvalue weighted by Gasteiger charge is -2.30. The number of amides is 1. The van der Waals surface area contributed by atoms with Crippen molar-refractivity contribution < 1.29 is 9.53 Å². The van der Waals surface area contributed by atoms with Gasteiger partial charge in [-0.05, 0) is 41.3 Å². The lowest BCUT2D eigenvalue weighted by molar-refractivity contribution is -0.135. The van der Waals surface area contributed by atoms with Gasteiger partial charge in [-0.1, -0.05) is 13.0 Å². The highest BCUT2D eigenvalue weighted by Gasteiger charge is 2.21. The lowest BCUT2D eigenvalue weighted by atomic mass is 10.0. The fourth-order valence-electron chi connectivity index (χ4n) is 2.65. The van der Waals surface area contributed by atoms with E-state index in [1.54, 1.807) is 4.68 Å². The van der Waals surface area contributed by atoms with Crippen molar-refractivity contribution in [1.29, 1.82) is 0 Å². The van der Waals surface area contributed by atoms with E-state index in [2.05, 4.69) is 22.4 Å². The van der Waals surface area contributed by atoms with Gasteiger partial charge in [-0.25, -0.2) is 4.68 Å². The molecule has 0 radical (unpaired) electrons. The van der Waals surface area contributed by atoms with Crippen LogP contribution in [0.1, 0.15) is 19.8 Å².